The van der Waals surface area contributed by atoms with Crippen LogP contribution in [0, 0.1) is 0 Å². The summed E-state index contributed by atoms with van der Waals surface area (Å²) in [6.45, 7) is 0. The Labute approximate surface area is 264 Å². The first-order chi connectivity index (χ1) is 21.5. The molecule has 0 aliphatic carbocycles. The van der Waals surface area contributed by atoms with Gasteiger partial charge in [0.2, 0.25) is 0 Å². The van der Waals surface area contributed by atoms with E-state index in [0.717, 1.165) is 60.4 Å². The van der Waals surface area contributed by atoms with E-state index in [1.54, 1.807) is 33.1 Å². The van der Waals surface area contributed by atoms with E-state index < -0.39 is 15.6 Å². The van der Waals surface area contributed by atoms with Crippen LogP contribution in [-0.2, 0) is 10.1 Å². The summed E-state index contributed by atoms with van der Waals surface area (Å²) in [7, 11) is -0.696. The fraction of sp³-hybridized carbons (Fsp3) is 0.118. The van der Waals surface area contributed by atoms with E-state index >= 15 is 0 Å². The molecule has 0 radical (unpaired) electrons. The second-order valence-electron chi connectivity index (χ2n) is 9.30. The highest BCUT2D eigenvalue weighted by atomic mass is 32.2. The molecule has 0 bridgehead atoms. The first-order valence-electron chi connectivity index (χ1n) is 13.3. The van der Waals surface area contributed by atoms with Crippen LogP contribution in [0.3, 0.4) is 0 Å². The highest BCUT2D eigenvalue weighted by Crippen LogP contribution is 2.51. The zero-order valence-electron chi connectivity index (χ0n) is 24.4. The third-order valence-electron chi connectivity index (χ3n) is 6.58. The van der Waals surface area contributed by atoms with Gasteiger partial charge in [-0.3, -0.25) is 4.55 Å². The van der Waals surface area contributed by atoms with Gasteiger partial charge in [0.1, 0.15) is 17.2 Å². The number of para-hydroxylation sites is 3. The van der Waals surface area contributed by atoms with Gasteiger partial charge in [0.15, 0.2) is 0 Å². The molecule has 1 N–H and O–H groups in total. The van der Waals surface area contributed by atoms with Gasteiger partial charge in [-0.2, -0.15) is 21.6 Å². The Kier molecular flexibility index (Phi) is 10.8. The maximum atomic E-state index is 10.7. The molecule has 0 saturated carbocycles. The number of rotatable bonds is 8. The highest BCUT2D eigenvalue weighted by Gasteiger charge is 2.44. The maximum absolute atomic E-state index is 10.7. The van der Waals surface area contributed by atoms with Crippen molar-refractivity contribution in [1.29, 1.82) is 0 Å². The SMILES string of the molecule is COc1ccccc1-c1ccc(Sc2ccccc2)c(-c2ccccc2OC)c1-c1ccccc1OC.O=S(=O)(O)C(F)(F)F. The average molecular weight is 655 g/mol. The number of halogens is 3. The minimum absolute atomic E-state index is 0.802. The maximum Gasteiger partial charge on any atom is 0.522 e. The van der Waals surface area contributed by atoms with Crippen LogP contribution in [0.25, 0.3) is 33.4 Å². The van der Waals surface area contributed by atoms with Gasteiger partial charge < -0.3 is 14.2 Å². The van der Waals surface area contributed by atoms with Crippen LogP contribution in [0.2, 0.25) is 0 Å². The summed E-state index contributed by atoms with van der Waals surface area (Å²) in [6, 6.07) is 39.3. The van der Waals surface area contributed by atoms with Gasteiger partial charge in [-0.05, 0) is 42.0 Å². The number of hydrogen-bond donors (Lipinski definition) is 1. The van der Waals surface area contributed by atoms with Gasteiger partial charge in [-0.1, -0.05) is 90.6 Å². The summed E-state index contributed by atoms with van der Waals surface area (Å²) >= 11 is 1.74. The van der Waals surface area contributed by atoms with E-state index in [9.17, 15) is 13.2 Å². The molecule has 0 atom stereocenters. The molecule has 0 aliphatic heterocycles. The van der Waals surface area contributed by atoms with Crippen molar-refractivity contribution in [1.82, 2.24) is 0 Å². The van der Waals surface area contributed by atoms with Crippen LogP contribution in [0.5, 0.6) is 17.2 Å². The predicted octanol–water partition coefficient (Wildman–Crippen LogP) is 9.26. The molecule has 45 heavy (non-hydrogen) atoms. The molecule has 5 aromatic carbocycles. The van der Waals surface area contributed by atoms with Gasteiger partial charge in [0.25, 0.3) is 0 Å². The average Bonchev–Trinajstić information content (AvgIpc) is 3.04. The summed E-state index contributed by atoms with van der Waals surface area (Å²) in [5.74, 6) is 2.43. The molecular weight excluding hydrogens is 625 g/mol. The van der Waals surface area contributed by atoms with E-state index in [4.69, 9.17) is 27.2 Å². The lowest BCUT2D eigenvalue weighted by Gasteiger charge is -2.23. The Morgan fingerprint density at radius 2 is 0.956 bits per heavy atom. The molecule has 0 spiro atoms. The molecule has 0 aromatic heterocycles. The highest BCUT2D eigenvalue weighted by molar-refractivity contribution is 7.99. The molecule has 6 nitrogen and oxygen atoms in total. The van der Waals surface area contributed by atoms with Crippen LogP contribution in [0.15, 0.2) is 125 Å². The van der Waals surface area contributed by atoms with E-state index in [-0.39, 0.29) is 0 Å². The van der Waals surface area contributed by atoms with Crippen molar-refractivity contribution in [3.63, 3.8) is 0 Å². The quantitative estimate of drug-likeness (QED) is 0.132. The monoisotopic (exact) mass is 654 g/mol. The number of methoxy groups -OCH3 is 3. The number of ether oxygens (including phenoxy) is 3. The van der Waals surface area contributed by atoms with Crippen LogP contribution >= 0.6 is 11.8 Å². The Bertz CT molecular complexity index is 1860. The fourth-order valence-corrected chi connectivity index (χ4v) is 5.62. The summed E-state index contributed by atoms with van der Waals surface area (Å²) < 4.78 is 75.1. The van der Waals surface area contributed by atoms with Gasteiger partial charge >= 0.3 is 15.6 Å². The first kappa shape index (κ1) is 33.4. The molecule has 5 rings (SSSR count). The molecule has 5 aromatic rings. The second-order valence-corrected chi connectivity index (χ2v) is 11.8. The summed E-state index contributed by atoms with van der Waals surface area (Å²) in [5, 5.41) is 0. The molecule has 0 amide bonds. The summed E-state index contributed by atoms with van der Waals surface area (Å²) in [4.78, 5) is 2.28. The molecule has 0 heterocycles. The predicted molar refractivity (Wildman–Crippen MR) is 171 cm³/mol. The van der Waals surface area contributed by atoms with E-state index in [1.807, 2.05) is 54.6 Å². The van der Waals surface area contributed by atoms with Crippen molar-refractivity contribution in [2.75, 3.05) is 21.3 Å². The molecule has 234 valence electrons. The largest absolute Gasteiger partial charge is 0.522 e. The molecule has 11 heteroatoms. The summed E-state index contributed by atoms with van der Waals surface area (Å²) in [5.41, 5.74) is 0.695. The molecule has 0 unspecified atom stereocenters. The fourth-order valence-electron chi connectivity index (χ4n) is 4.63. The van der Waals surface area contributed by atoms with Gasteiger partial charge in [-0.15, -0.1) is 0 Å². The lowest BCUT2D eigenvalue weighted by atomic mass is 9.86. The topological polar surface area (TPSA) is 82.1 Å². The number of benzene rings is 5. The van der Waals surface area contributed by atoms with Crippen molar-refractivity contribution in [3.8, 4) is 50.6 Å². The van der Waals surface area contributed by atoms with Gasteiger partial charge in [-0.25, -0.2) is 0 Å². The molecular formula is C34H29F3O6S2. The third kappa shape index (κ3) is 7.80. The van der Waals surface area contributed by atoms with E-state index in [0.29, 0.717) is 0 Å². The van der Waals surface area contributed by atoms with Crippen molar-refractivity contribution >= 4 is 21.9 Å². The molecule has 0 saturated heterocycles. The Morgan fingerprint density at radius 1 is 0.556 bits per heavy atom. The van der Waals surface area contributed by atoms with Crippen molar-refractivity contribution in [2.45, 2.75) is 15.3 Å². The van der Waals surface area contributed by atoms with Crippen LogP contribution in [0.4, 0.5) is 13.2 Å². The van der Waals surface area contributed by atoms with Gasteiger partial charge in [0.05, 0.1) is 21.3 Å². The lowest BCUT2D eigenvalue weighted by Crippen LogP contribution is -2.21. The second kappa shape index (κ2) is 14.6. The molecule has 0 fully saturated rings. The normalized spacial score (nSPS) is 11.3. The van der Waals surface area contributed by atoms with Crippen LogP contribution in [0.1, 0.15) is 0 Å². The minimum atomic E-state index is -5.84. The van der Waals surface area contributed by atoms with Crippen molar-refractivity contribution < 1.29 is 40.4 Å². The van der Waals surface area contributed by atoms with Gasteiger partial charge in [0, 0.05) is 37.6 Å². The zero-order valence-corrected chi connectivity index (χ0v) is 26.0. The van der Waals surface area contributed by atoms with Crippen LogP contribution < -0.4 is 14.2 Å². The third-order valence-corrected chi connectivity index (χ3v) is 8.23. The van der Waals surface area contributed by atoms with Crippen molar-refractivity contribution in [2.24, 2.45) is 0 Å². The van der Waals surface area contributed by atoms with E-state index in [1.165, 1.54) is 0 Å². The zero-order chi connectivity index (χ0) is 32.6. The Hall–Kier alpha value is -4.45. The first-order valence-corrected chi connectivity index (χ1v) is 15.6. The number of hydrogen-bond acceptors (Lipinski definition) is 6. The Morgan fingerprint density at radius 3 is 1.42 bits per heavy atom. The number of alkyl halides is 3. The summed E-state index contributed by atoms with van der Waals surface area (Å²) in [6.07, 6.45) is 0. The smallest absolute Gasteiger partial charge is 0.496 e. The van der Waals surface area contributed by atoms with Crippen LogP contribution in [-0.4, -0.2) is 39.8 Å². The Balaban J connectivity index is 0.000000510. The lowest BCUT2D eigenvalue weighted by molar-refractivity contribution is -0.0510. The van der Waals surface area contributed by atoms with E-state index in [2.05, 4.69) is 60.7 Å². The molecule has 0 aliphatic rings. The minimum Gasteiger partial charge on any atom is -0.496 e. The van der Waals surface area contributed by atoms with Crippen molar-refractivity contribution in [3.05, 3.63) is 115 Å². The standard InChI is InChI=1S/C33H28O3S.CHF3O3S/c1-34-28-18-10-7-15-24(28)25-21-22-31(37-23-13-5-4-6-14-23)33(27-17-9-12-20-30(27)36-3)32(25)26-16-8-11-19-29(26)35-2;2-1(3,4)8(5,6)7/h4-22H,1-3H3;(H,5,6,7).